The quantitative estimate of drug-likeness (QED) is 0.752. The Morgan fingerprint density at radius 3 is 2.79 bits per heavy atom. The zero-order valence-electron chi connectivity index (χ0n) is 14.7. The third-order valence-corrected chi connectivity index (χ3v) is 4.60. The van der Waals surface area contributed by atoms with Gasteiger partial charge in [-0.3, -0.25) is 4.79 Å². The minimum absolute atomic E-state index is 0.0803. The molecule has 126 valence electrons. The minimum Gasteiger partial charge on any atom is -0.491 e. The summed E-state index contributed by atoms with van der Waals surface area (Å²) in [6.07, 6.45) is 3.24. The first-order chi connectivity index (χ1) is 11.6. The molecule has 1 heterocycles. The first-order valence-corrected chi connectivity index (χ1v) is 8.68. The second kappa shape index (κ2) is 7.08. The summed E-state index contributed by atoms with van der Waals surface area (Å²) in [7, 11) is 0. The predicted octanol–water partition coefficient (Wildman–Crippen LogP) is 4.63. The number of aldehydes is 1. The number of nitrogens with zero attached hydrogens (tertiary/aromatic N) is 1. The number of aryl methyl sites for hydroxylation is 1. The van der Waals surface area contributed by atoms with Crippen molar-refractivity contribution in [2.24, 2.45) is 0 Å². The third kappa shape index (κ3) is 3.45. The van der Waals surface area contributed by atoms with Crippen LogP contribution in [-0.4, -0.2) is 18.4 Å². The summed E-state index contributed by atoms with van der Waals surface area (Å²) in [5, 5.41) is 0. The van der Waals surface area contributed by atoms with E-state index in [1.165, 1.54) is 11.3 Å². The Morgan fingerprint density at radius 2 is 2.04 bits per heavy atom. The monoisotopic (exact) mass is 323 g/mol. The fraction of sp³-hybridized carbons (Fsp3) is 0.381. The molecular weight excluding hydrogens is 298 g/mol. The molecule has 1 unspecified atom stereocenters. The van der Waals surface area contributed by atoms with E-state index in [-0.39, 0.29) is 6.10 Å². The Morgan fingerprint density at radius 1 is 1.25 bits per heavy atom. The number of anilines is 1. The molecule has 1 aliphatic heterocycles. The van der Waals surface area contributed by atoms with Crippen molar-refractivity contribution in [3.05, 3.63) is 59.2 Å². The van der Waals surface area contributed by atoms with Gasteiger partial charge in [-0.25, -0.2) is 0 Å². The van der Waals surface area contributed by atoms with Gasteiger partial charge in [0, 0.05) is 29.4 Å². The van der Waals surface area contributed by atoms with Crippen LogP contribution in [0.2, 0.25) is 0 Å². The van der Waals surface area contributed by atoms with Crippen LogP contribution < -0.4 is 9.64 Å². The maximum atomic E-state index is 11.1. The molecule has 0 amide bonds. The highest BCUT2D eigenvalue weighted by atomic mass is 16.5. The molecule has 0 aliphatic carbocycles. The zero-order chi connectivity index (χ0) is 17.1. The van der Waals surface area contributed by atoms with Crippen LogP contribution in [0.25, 0.3) is 0 Å². The molecule has 0 spiro atoms. The number of para-hydroxylation sites is 1. The van der Waals surface area contributed by atoms with Crippen molar-refractivity contribution in [1.29, 1.82) is 0 Å². The lowest BCUT2D eigenvalue weighted by atomic mass is 9.96. The summed E-state index contributed by atoms with van der Waals surface area (Å²) in [6, 6.07) is 14.9. The molecule has 1 atom stereocenters. The lowest BCUT2D eigenvalue weighted by Crippen LogP contribution is -2.36. The highest BCUT2D eigenvalue weighted by Crippen LogP contribution is 2.33. The molecule has 0 N–H and O–H groups in total. The fourth-order valence-corrected chi connectivity index (χ4v) is 3.32. The molecule has 0 saturated carbocycles. The van der Waals surface area contributed by atoms with E-state index in [0.717, 1.165) is 37.0 Å². The first-order valence-electron chi connectivity index (χ1n) is 8.68. The van der Waals surface area contributed by atoms with Gasteiger partial charge >= 0.3 is 0 Å². The normalized spacial score (nSPS) is 16.8. The molecule has 3 heteroatoms. The number of ether oxygens (including phenoxy) is 1. The van der Waals surface area contributed by atoms with Crippen LogP contribution in [0.15, 0.2) is 42.5 Å². The first kappa shape index (κ1) is 16.6. The van der Waals surface area contributed by atoms with E-state index < -0.39 is 0 Å². The molecule has 2 aromatic rings. The number of hydrogen-bond acceptors (Lipinski definition) is 3. The summed E-state index contributed by atoms with van der Waals surface area (Å²) in [5.41, 5.74) is 4.50. The average molecular weight is 323 g/mol. The molecule has 1 aliphatic rings. The molecule has 0 saturated heterocycles. The highest BCUT2D eigenvalue weighted by molar-refractivity contribution is 5.76. The molecule has 3 rings (SSSR count). The number of fused-ring (bicyclic) bond motifs is 1. The topological polar surface area (TPSA) is 29.5 Å². The van der Waals surface area contributed by atoms with Gasteiger partial charge in [0.2, 0.25) is 0 Å². The third-order valence-electron chi connectivity index (χ3n) is 4.60. The van der Waals surface area contributed by atoms with Crippen LogP contribution in [0.5, 0.6) is 5.75 Å². The SMILES string of the molecule is CC(C)Oc1cc(C=O)ccc1CN1c2ccccc2CCC1C. The lowest BCUT2D eigenvalue weighted by molar-refractivity contribution is 0.112. The van der Waals surface area contributed by atoms with Gasteiger partial charge in [0.1, 0.15) is 12.0 Å². The molecule has 0 radical (unpaired) electrons. The van der Waals surface area contributed by atoms with Crippen molar-refractivity contribution in [1.82, 2.24) is 0 Å². The minimum atomic E-state index is 0.0803. The Labute approximate surface area is 144 Å². The van der Waals surface area contributed by atoms with Gasteiger partial charge < -0.3 is 9.64 Å². The fourth-order valence-electron chi connectivity index (χ4n) is 3.32. The molecule has 24 heavy (non-hydrogen) atoms. The van der Waals surface area contributed by atoms with Gasteiger partial charge in [0.25, 0.3) is 0 Å². The van der Waals surface area contributed by atoms with E-state index in [1.807, 2.05) is 32.0 Å². The molecular formula is C21H25NO2. The van der Waals surface area contributed by atoms with Crippen LogP contribution in [0.1, 0.15) is 48.7 Å². The second-order valence-electron chi connectivity index (χ2n) is 6.80. The Kier molecular flexibility index (Phi) is 4.89. The van der Waals surface area contributed by atoms with E-state index in [1.54, 1.807) is 0 Å². The summed E-state index contributed by atoms with van der Waals surface area (Å²) in [4.78, 5) is 13.5. The van der Waals surface area contributed by atoms with Crippen molar-refractivity contribution >= 4 is 12.0 Å². The molecule has 0 aromatic heterocycles. The highest BCUT2D eigenvalue weighted by Gasteiger charge is 2.23. The summed E-state index contributed by atoms with van der Waals surface area (Å²) < 4.78 is 5.97. The van der Waals surface area contributed by atoms with Crippen molar-refractivity contribution in [2.45, 2.75) is 52.3 Å². The maximum Gasteiger partial charge on any atom is 0.150 e. The average Bonchev–Trinajstić information content (AvgIpc) is 2.58. The van der Waals surface area contributed by atoms with Gasteiger partial charge in [-0.1, -0.05) is 30.3 Å². The summed E-state index contributed by atoms with van der Waals surface area (Å²) in [6.45, 7) is 7.09. The van der Waals surface area contributed by atoms with Crippen molar-refractivity contribution in [3.8, 4) is 5.75 Å². The standard InChI is InChI=1S/C21H25NO2/c1-15(2)24-21-12-17(14-23)9-11-19(21)13-22-16(3)8-10-18-6-4-5-7-20(18)22/h4-7,9,11-12,14-16H,8,10,13H2,1-3H3. The number of carbonyl (C=O) groups is 1. The predicted molar refractivity (Wildman–Crippen MR) is 98.0 cm³/mol. The van der Waals surface area contributed by atoms with Gasteiger partial charge in [-0.2, -0.15) is 0 Å². The van der Waals surface area contributed by atoms with E-state index in [4.69, 9.17) is 4.74 Å². The van der Waals surface area contributed by atoms with Crippen LogP contribution in [0.3, 0.4) is 0 Å². The lowest BCUT2D eigenvalue weighted by Gasteiger charge is -2.37. The van der Waals surface area contributed by atoms with Crippen LogP contribution in [-0.2, 0) is 13.0 Å². The summed E-state index contributed by atoms with van der Waals surface area (Å²) in [5.74, 6) is 0.810. The Hall–Kier alpha value is -2.29. The molecule has 3 nitrogen and oxygen atoms in total. The van der Waals surface area contributed by atoms with Gasteiger partial charge in [0.15, 0.2) is 0 Å². The molecule has 0 bridgehead atoms. The molecule has 0 fully saturated rings. The van der Waals surface area contributed by atoms with Crippen LogP contribution in [0, 0.1) is 0 Å². The maximum absolute atomic E-state index is 11.1. The van der Waals surface area contributed by atoms with E-state index >= 15 is 0 Å². The molecule has 2 aromatic carbocycles. The Balaban J connectivity index is 1.94. The number of rotatable bonds is 5. The second-order valence-corrected chi connectivity index (χ2v) is 6.80. The largest absolute Gasteiger partial charge is 0.491 e. The smallest absolute Gasteiger partial charge is 0.150 e. The van der Waals surface area contributed by atoms with Crippen molar-refractivity contribution in [3.63, 3.8) is 0 Å². The van der Waals surface area contributed by atoms with Crippen LogP contribution in [0.4, 0.5) is 5.69 Å². The van der Waals surface area contributed by atoms with E-state index in [9.17, 15) is 4.79 Å². The number of carbonyl (C=O) groups excluding carboxylic acids is 1. The van der Waals surface area contributed by atoms with Crippen molar-refractivity contribution in [2.75, 3.05) is 4.90 Å². The number of hydrogen-bond donors (Lipinski definition) is 0. The van der Waals surface area contributed by atoms with Gasteiger partial charge in [-0.15, -0.1) is 0 Å². The van der Waals surface area contributed by atoms with Crippen molar-refractivity contribution < 1.29 is 9.53 Å². The van der Waals surface area contributed by atoms with E-state index in [0.29, 0.717) is 11.6 Å². The van der Waals surface area contributed by atoms with Gasteiger partial charge in [0.05, 0.1) is 6.10 Å². The Bertz CT molecular complexity index is 724. The zero-order valence-corrected chi connectivity index (χ0v) is 14.7. The van der Waals surface area contributed by atoms with E-state index in [2.05, 4.69) is 36.1 Å². The van der Waals surface area contributed by atoms with Crippen LogP contribution >= 0.6 is 0 Å². The summed E-state index contributed by atoms with van der Waals surface area (Å²) >= 11 is 0. The van der Waals surface area contributed by atoms with Gasteiger partial charge in [-0.05, 0) is 51.3 Å². The number of benzene rings is 2.